The molecule has 1 aromatic carbocycles. The van der Waals surface area contributed by atoms with Crippen molar-refractivity contribution in [3.63, 3.8) is 0 Å². The zero-order valence-corrected chi connectivity index (χ0v) is 17.0. The lowest BCUT2D eigenvalue weighted by Gasteiger charge is -2.39. The number of carbonyl (C=O) groups is 2. The van der Waals surface area contributed by atoms with Crippen LogP contribution < -0.4 is 5.32 Å². The SMILES string of the molecule is Cc1cnc(Nc2cnn(C3CN(C(=O)C4CC4)C3)c2)nc1-c1ccc(C(=O)O)cc1. The predicted molar refractivity (Wildman–Crippen MR) is 113 cm³/mol. The molecule has 2 fully saturated rings. The van der Waals surface area contributed by atoms with Gasteiger partial charge < -0.3 is 15.3 Å². The van der Waals surface area contributed by atoms with Gasteiger partial charge in [0.1, 0.15) is 0 Å². The Bertz CT molecular complexity index is 1150. The smallest absolute Gasteiger partial charge is 0.335 e. The fourth-order valence-corrected chi connectivity index (χ4v) is 3.69. The van der Waals surface area contributed by atoms with Crippen LogP contribution in [0.2, 0.25) is 0 Å². The summed E-state index contributed by atoms with van der Waals surface area (Å²) in [6.45, 7) is 3.31. The number of aromatic nitrogens is 4. The van der Waals surface area contributed by atoms with Crippen molar-refractivity contribution in [1.82, 2.24) is 24.6 Å². The summed E-state index contributed by atoms with van der Waals surface area (Å²) in [5.74, 6) is 0.00108. The van der Waals surface area contributed by atoms with E-state index >= 15 is 0 Å². The number of rotatable bonds is 6. The van der Waals surface area contributed by atoms with Gasteiger partial charge in [-0.2, -0.15) is 5.10 Å². The van der Waals surface area contributed by atoms with Gasteiger partial charge in [-0.3, -0.25) is 9.48 Å². The minimum absolute atomic E-state index is 0.195. The molecule has 3 heterocycles. The maximum atomic E-state index is 12.1. The van der Waals surface area contributed by atoms with E-state index in [4.69, 9.17) is 5.11 Å². The zero-order valence-electron chi connectivity index (χ0n) is 17.0. The van der Waals surface area contributed by atoms with Crippen molar-refractivity contribution in [1.29, 1.82) is 0 Å². The van der Waals surface area contributed by atoms with Crippen LogP contribution in [0.25, 0.3) is 11.3 Å². The van der Waals surface area contributed by atoms with E-state index in [1.165, 1.54) is 0 Å². The van der Waals surface area contributed by atoms with Crippen molar-refractivity contribution in [3.05, 3.63) is 54.0 Å². The number of aromatic carboxylic acids is 1. The molecule has 0 unspecified atom stereocenters. The number of hydrogen-bond acceptors (Lipinski definition) is 6. The topological polar surface area (TPSA) is 113 Å². The number of hydrogen-bond donors (Lipinski definition) is 2. The molecule has 3 aromatic rings. The van der Waals surface area contributed by atoms with Crippen LogP contribution >= 0.6 is 0 Å². The van der Waals surface area contributed by atoms with Gasteiger partial charge in [0.25, 0.3) is 0 Å². The Balaban J connectivity index is 1.27. The normalized spacial score (nSPS) is 16.1. The van der Waals surface area contributed by atoms with Crippen LogP contribution in [0.1, 0.15) is 34.8 Å². The van der Waals surface area contributed by atoms with Gasteiger partial charge in [0.15, 0.2) is 0 Å². The second kappa shape index (κ2) is 7.50. The van der Waals surface area contributed by atoms with Gasteiger partial charge in [0, 0.05) is 37.0 Å². The maximum absolute atomic E-state index is 12.1. The van der Waals surface area contributed by atoms with Gasteiger partial charge in [0.05, 0.1) is 29.2 Å². The summed E-state index contributed by atoms with van der Waals surface area (Å²) in [5, 5.41) is 16.7. The van der Waals surface area contributed by atoms with E-state index in [1.54, 1.807) is 36.7 Å². The molecule has 1 saturated carbocycles. The average Bonchev–Trinajstić information content (AvgIpc) is 3.49. The maximum Gasteiger partial charge on any atom is 0.335 e. The van der Waals surface area contributed by atoms with E-state index < -0.39 is 5.97 Å². The third kappa shape index (κ3) is 3.86. The first-order valence-corrected chi connectivity index (χ1v) is 10.3. The number of carbonyl (C=O) groups excluding carboxylic acids is 1. The van der Waals surface area contributed by atoms with Crippen LogP contribution in [-0.2, 0) is 4.79 Å². The molecule has 9 heteroatoms. The molecule has 1 aliphatic carbocycles. The number of nitrogens with zero attached hydrogens (tertiary/aromatic N) is 5. The number of anilines is 2. The Kier molecular flexibility index (Phi) is 4.65. The van der Waals surface area contributed by atoms with Crippen LogP contribution in [0.5, 0.6) is 0 Å². The van der Waals surface area contributed by atoms with Gasteiger partial charge in [0.2, 0.25) is 11.9 Å². The third-order valence-corrected chi connectivity index (χ3v) is 5.71. The molecule has 2 aromatic heterocycles. The Morgan fingerprint density at radius 2 is 1.87 bits per heavy atom. The monoisotopic (exact) mass is 418 g/mol. The van der Waals surface area contributed by atoms with Crippen molar-refractivity contribution in [2.75, 3.05) is 18.4 Å². The Hall–Kier alpha value is -3.75. The highest BCUT2D eigenvalue weighted by atomic mass is 16.4. The van der Waals surface area contributed by atoms with Crippen molar-refractivity contribution in [2.45, 2.75) is 25.8 Å². The fraction of sp³-hybridized carbons (Fsp3) is 0.318. The Labute approximate surface area is 178 Å². The molecule has 0 spiro atoms. The van der Waals surface area contributed by atoms with E-state index in [1.807, 2.05) is 22.7 Å². The van der Waals surface area contributed by atoms with E-state index in [-0.39, 0.29) is 23.4 Å². The number of benzene rings is 1. The highest BCUT2D eigenvalue weighted by Crippen LogP contribution is 2.34. The van der Waals surface area contributed by atoms with Crippen molar-refractivity contribution in [2.24, 2.45) is 5.92 Å². The van der Waals surface area contributed by atoms with Crippen molar-refractivity contribution in [3.8, 4) is 11.3 Å². The molecular formula is C22H22N6O3. The van der Waals surface area contributed by atoms with Gasteiger partial charge >= 0.3 is 5.97 Å². The summed E-state index contributed by atoms with van der Waals surface area (Å²) in [5.41, 5.74) is 3.44. The molecule has 2 aliphatic rings. The number of carboxylic acids is 1. The Morgan fingerprint density at radius 1 is 1.13 bits per heavy atom. The van der Waals surface area contributed by atoms with Crippen LogP contribution in [0.15, 0.2) is 42.9 Å². The minimum atomic E-state index is -0.961. The Morgan fingerprint density at radius 3 is 2.55 bits per heavy atom. The van der Waals surface area contributed by atoms with Gasteiger partial charge in [-0.1, -0.05) is 12.1 Å². The number of carboxylic acid groups (broad SMARTS) is 1. The molecule has 9 nitrogen and oxygen atoms in total. The first-order chi connectivity index (χ1) is 15.0. The molecule has 5 rings (SSSR count). The standard InChI is InChI=1S/C22H22N6O3/c1-13-8-23-22(26-19(13)14-2-6-16(7-3-14)21(30)31)25-17-9-24-28(10-17)18-11-27(12-18)20(29)15-4-5-15/h2-3,6-10,15,18H,4-5,11-12H2,1H3,(H,30,31)(H,23,25,26). The van der Waals surface area contributed by atoms with Crippen molar-refractivity contribution >= 4 is 23.5 Å². The van der Waals surface area contributed by atoms with E-state index in [0.717, 1.165) is 35.3 Å². The number of nitrogens with one attached hydrogen (secondary N) is 1. The fourth-order valence-electron chi connectivity index (χ4n) is 3.69. The predicted octanol–water partition coefficient (Wildman–Crippen LogP) is 2.88. The van der Waals surface area contributed by atoms with E-state index in [9.17, 15) is 9.59 Å². The lowest BCUT2D eigenvalue weighted by molar-refractivity contribution is -0.138. The van der Waals surface area contributed by atoms with E-state index in [2.05, 4.69) is 20.4 Å². The van der Waals surface area contributed by atoms with Gasteiger partial charge in [-0.25, -0.2) is 14.8 Å². The molecule has 0 atom stereocenters. The summed E-state index contributed by atoms with van der Waals surface area (Å²) in [4.78, 5) is 34.0. The summed E-state index contributed by atoms with van der Waals surface area (Å²) >= 11 is 0. The van der Waals surface area contributed by atoms with Crippen LogP contribution in [0.3, 0.4) is 0 Å². The van der Waals surface area contributed by atoms with Gasteiger partial charge in [-0.05, 0) is 37.5 Å². The highest BCUT2D eigenvalue weighted by Gasteiger charge is 2.40. The summed E-state index contributed by atoms with van der Waals surface area (Å²) < 4.78 is 1.87. The lowest BCUT2D eigenvalue weighted by Crippen LogP contribution is -2.51. The minimum Gasteiger partial charge on any atom is -0.478 e. The number of amides is 1. The van der Waals surface area contributed by atoms with Gasteiger partial charge in [-0.15, -0.1) is 0 Å². The molecular weight excluding hydrogens is 396 g/mol. The molecule has 158 valence electrons. The number of likely N-dealkylation sites (tertiary alicyclic amines) is 1. The average molecular weight is 418 g/mol. The van der Waals surface area contributed by atoms with Crippen LogP contribution in [0.4, 0.5) is 11.6 Å². The lowest BCUT2D eigenvalue weighted by atomic mass is 10.1. The third-order valence-electron chi connectivity index (χ3n) is 5.71. The van der Waals surface area contributed by atoms with E-state index in [0.29, 0.717) is 19.0 Å². The summed E-state index contributed by atoms with van der Waals surface area (Å²) in [6, 6.07) is 6.80. The second-order valence-corrected chi connectivity index (χ2v) is 8.11. The molecule has 0 radical (unpaired) electrons. The molecule has 2 N–H and O–H groups in total. The molecule has 1 aliphatic heterocycles. The highest BCUT2D eigenvalue weighted by molar-refractivity contribution is 5.88. The second-order valence-electron chi connectivity index (χ2n) is 8.11. The zero-order chi connectivity index (χ0) is 21.5. The number of aryl methyl sites for hydroxylation is 1. The summed E-state index contributed by atoms with van der Waals surface area (Å²) in [7, 11) is 0. The first-order valence-electron chi connectivity index (χ1n) is 10.3. The van der Waals surface area contributed by atoms with Crippen LogP contribution in [-0.4, -0.2) is 54.7 Å². The largest absolute Gasteiger partial charge is 0.478 e. The van der Waals surface area contributed by atoms with Crippen molar-refractivity contribution < 1.29 is 14.7 Å². The first kappa shape index (κ1) is 19.2. The quantitative estimate of drug-likeness (QED) is 0.633. The molecule has 1 amide bonds. The molecule has 31 heavy (non-hydrogen) atoms. The molecule has 1 saturated heterocycles. The van der Waals surface area contributed by atoms with Crippen LogP contribution in [0, 0.1) is 12.8 Å². The molecule has 0 bridgehead atoms. The summed E-state index contributed by atoms with van der Waals surface area (Å²) in [6.07, 6.45) is 7.40.